The standard InChI is InChI=1S/C34H20N2O8/c37-31(19-9-13-23(14-10-19)35(41)42)27-17-21-5-1-3-7-25(21)29(33(27)39)30-26-8-4-2-6-22(26)18-28(34(30)40)32(38)20-11-15-24(16-12-20)36(43)44/h1-18,39-40H. The summed E-state index contributed by atoms with van der Waals surface area (Å²) in [5.74, 6) is -2.11. The molecule has 214 valence electrons. The molecule has 0 aliphatic heterocycles. The summed E-state index contributed by atoms with van der Waals surface area (Å²) >= 11 is 0. The van der Waals surface area contributed by atoms with Crippen molar-refractivity contribution in [2.24, 2.45) is 0 Å². The molecule has 0 fully saturated rings. The third-order valence-corrected chi connectivity index (χ3v) is 7.46. The SMILES string of the molecule is O=C(c1ccc([N+](=O)[O-])cc1)c1cc2ccccc2c(-c2c(O)c(C(=O)c3ccc([N+](=O)[O-])cc3)cc3ccccc23)c1O. The van der Waals surface area contributed by atoms with Crippen molar-refractivity contribution in [1.82, 2.24) is 0 Å². The Labute approximate surface area is 248 Å². The van der Waals surface area contributed by atoms with E-state index in [2.05, 4.69) is 0 Å². The molecule has 0 aliphatic carbocycles. The minimum Gasteiger partial charge on any atom is -0.507 e. The fraction of sp³-hybridized carbons (Fsp3) is 0. The maximum Gasteiger partial charge on any atom is 0.269 e. The Hall–Kier alpha value is -6.42. The van der Waals surface area contributed by atoms with Crippen molar-refractivity contribution in [3.05, 3.63) is 152 Å². The predicted molar refractivity (Wildman–Crippen MR) is 163 cm³/mol. The number of nitrogens with zero attached hydrogens (tertiary/aromatic N) is 2. The first kappa shape index (κ1) is 27.7. The number of benzene rings is 6. The average Bonchev–Trinajstić information content (AvgIpc) is 3.04. The molecule has 2 N–H and O–H groups in total. The van der Waals surface area contributed by atoms with Gasteiger partial charge in [-0.1, -0.05) is 48.5 Å². The summed E-state index contributed by atoms with van der Waals surface area (Å²) < 4.78 is 0. The number of phenolic OH excluding ortho intramolecular Hbond substituents is 2. The zero-order chi connectivity index (χ0) is 31.1. The van der Waals surface area contributed by atoms with Gasteiger partial charge in [-0.05, 0) is 57.9 Å². The monoisotopic (exact) mass is 584 g/mol. The van der Waals surface area contributed by atoms with E-state index in [0.717, 1.165) is 0 Å². The molecule has 6 aromatic carbocycles. The van der Waals surface area contributed by atoms with E-state index < -0.39 is 32.9 Å². The second-order valence-electron chi connectivity index (χ2n) is 10.0. The molecule has 0 heterocycles. The zero-order valence-electron chi connectivity index (χ0n) is 22.6. The van der Waals surface area contributed by atoms with Crippen LogP contribution in [0.5, 0.6) is 11.5 Å². The van der Waals surface area contributed by atoms with Crippen LogP contribution < -0.4 is 0 Å². The Kier molecular flexibility index (Phi) is 6.79. The number of hydrogen-bond acceptors (Lipinski definition) is 8. The van der Waals surface area contributed by atoms with E-state index in [0.29, 0.717) is 21.5 Å². The van der Waals surface area contributed by atoms with Gasteiger partial charge in [0.15, 0.2) is 11.6 Å². The predicted octanol–water partition coefficient (Wildman–Crippen LogP) is 7.35. The molecule has 0 unspecified atom stereocenters. The van der Waals surface area contributed by atoms with E-state index in [1.54, 1.807) is 48.5 Å². The molecule has 6 aromatic rings. The van der Waals surface area contributed by atoms with Crippen molar-refractivity contribution >= 4 is 44.5 Å². The van der Waals surface area contributed by atoms with E-state index in [9.17, 15) is 40.0 Å². The van der Waals surface area contributed by atoms with Gasteiger partial charge in [-0.3, -0.25) is 29.8 Å². The number of hydrogen-bond donors (Lipinski definition) is 2. The molecule has 0 atom stereocenters. The molecule has 6 rings (SSSR count). The van der Waals surface area contributed by atoms with Gasteiger partial charge in [0.25, 0.3) is 11.4 Å². The van der Waals surface area contributed by atoms with Crippen LogP contribution >= 0.6 is 0 Å². The van der Waals surface area contributed by atoms with Crippen LogP contribution in [0.4, 0.5) is 11.4 Å². The quantitative estimate of drug-likeness (QED) is 0.112. The Morgan fingerprint density at radius 1 is 0.523 bits per heavy atom. The smallest absolute Gasteiger partial charge is 0.269 e. The number of carbonyl (C=O) groups is 2. The van der Waals surface area contributed by atoms with Crippen LogP contribution in [-0.4, -0.2) is 31.6 Å². The third-order valence-electron chi connectivity index (χ3n) is 7.46. The molecule has 10 heteroatoms. The van der Waals surface area contributed by atoms with Gasteiger partial charge in [-0.25, -0.2) is 0 Å². The largest absolute Gasteiger partial charge is 0.507 e. The number of phenols is 2. The number of fused-ring (bicyclic) bond motifs is 2. The molecule has 0 saturated carbocycles. The number of nitro groups is 2. The van der Waals surface area contributed by atoms with Gasteiger partial charge in [-0.15, -0.1) is 0 Å². The van der Waals surface area contributed by atoms with Crippen LogP contribution in [0, 0.1) is 20.2 Å². The molecule has 0 amide bonds. The fourth-order valence-corrected chi connectivity index (χ4v) is 5.31. The number of rotatable bonds is 7. The second kappa shape index (κ2) is 10.8. The molecule has 0 radical (unpaired) electrons. The van der Waals surface area contributed by atoms with Crippen LogP contribution in [0.15, 0.2) is 109 Å². The maximum atomic E-state index is 13.7. The Morgan fingerprint density at radius 3 is 1.20 bits per heavy atom. The van der Waals surface area contributed by atoms with Crippen molar-refractivity contribution in [3.8, 4) is 22.6 Å². The van der Waals surface area contributed by atoms with Gasteiger partial charge < -0.3 is 10.2 Å². The average molecular weight is 585 g/mol. The number of non-ortho nitro benzene ring substituents is 2. The highest BCUT2D eigenvalue weighted by molar-refractivity contribution is 6.21. The minimum absolute atomic E-state index is 0.100. The summed E-state index contributed by atoms with van der Waals surface area (Å²) in [5, 5.41) is 47.8. The Balaban J connectivity index is 1.61. The molecule has 0 saturated heterocycles. The van der Waals surface area contributed by atoms with E-state index in [4.69, 9.17) is 0 Å². The van der Waals surface area contributed by atoms with Crippen LogP contribution in [-0.2, 0) is 0 Å². The first-order valence-corrected chi connectivity index (χ1v) is 13.2. The van der Waals surface area contributed by atoms with Gasteiger partial charge in [0, 0.05) is 46.5 Å². The summed E-state index contributed by atoms with van der Waals surface area (Å²) in [6.45, 7) is 0. The highest BCUT2D eigenvalue weighted by atomic mass is 16.6. The fourth-order valence-electron chi connectivity index (χ4n) is 5.31. The molecule has 10 nitrogen and oxygen atoms in total. The highest BCUT2D eigenvalue weighted by Gasteiger charge is 2.27. The van der Waals surface area contributed by atoms with Crippen molar-refractivity contribution in [2.75, 3.05) is 0 Å². The number of ketones is 2. The minimum atomic E-state index is -0.605. The van der Waals surface area contributed by atoms with Gasteiger partial charge in [0.1, 0.15) is 11.5 Å². The summed E-state index contributed by atoms with van der Waals surface area (Å²) in [6, 6.07) is 26.8. The van der Waals surface area contributed by atoms with E-state index in [-0.39, 0.29) is 44.8 Å². The summed E-state index contributed by atoms with van der Waals surface area (Å²) in [4.78, 5) is 48.4. The van der Waals surface area contributed by atoms with Crippen molar-refractivity contribution in [2.45, 2.75) is 0 Å². The maximum absolute atomic E-state index is 13.7. The van der Waals surface area contributed by atoms with Gasteiger partial charge in [0.05, 0.1) is 21.0 Å². The lowest BCUT2D eigenvalue weighted by atomic mass is 9.86. The van der Waals surface area contributed by atoms with E-state index in [1.807, 2.05) is 0 Å². The lowest BCUT2D eigenvalue weighted by Crippen LogP contribution is -2.05. The van der Waals surface area contributed by atoms with Crippen molar-refractivity contribution in [1.29, 1.82) is 0 Å². The molecular weight excluding hydrogens is 564 g/mol. The first-order valence-electron chi connectivity index (χ1n) is 13.2. The molecule has 0 aliphatic rings. The topological polar surface area (TPSA) is 161 Å². The number of carbonyl (C=O) groups excluding carboxylic acids is 2. The molecule has 0 aromatic heterocycles. The highest BCUT2D eigenvalue weighted by Crippen LogP contribution is 2.48. The first-order chi connectivity index (χ1) is 21.2. The van der Waals surface area contributed by atoms with Crippen molar-refractivity contribution in [3.63, 3.8) is 0 Å². The Bertz CT molecular complexity index is 2020. The molecule has 0 spiro atoms. The second-order valence-corrected chi connectivity index (χ2v) is 10.0. The summed E-state index contributed by atoms with van der Waals surface area (Å²) in [5.41, 5.74) is -0.189. The van der Waals surface area contributed by atoms with Gasteiger partial charge in [-0.2, -0.15) is 0 Å². The zero-order valence-corrected chi connectivity index (χ0v) is 22.6. The summed E-state index contributed by atoms with van der Waals surface area (Å²) in [6.07, 6.45) is 0. The number of aromatic hydroxyl groups is 2. The van der Waals surface area contributed by atoms with E-state index in [1.165, 1.54) is 60.7 Å². The van der Waals surface area contributed by atoms with Crippen LogP contribution in [0.2, 0.25) is 0 Å². The summed E-state index contributed by atoms with van der Waals surface area (Å²) in [7, 11) is 0. The van der Waals surface area contributed by atoms with Crippen LogP contribution in [0.3, 0.4) is 0 Å². The lowest BCUT2D eigenvalue weighted by molar-refractivity contribution is -0.385. The molecule has 0 bridgehead atoms. The lowest BCUT2D eigenvalue weighted by Gasteiger charge is -2.18. The normalized spacial score (nSPS) is 11.0. The van der Waals surface area contributed by atoms with Crippen LogP contribution in [0.1, 0.15) is 31.8 Å². The number of nitro benzene ring substituents is 2. The third kappa shape index (κ3) is 4.66. The van der Waals surface area contributed by atoms with Crippen molar-refractivity contribution < 1.29 is 29.6 Å². The Morgan fingerprint density at radius 2 is 0.864 bits per heavy atom. The molecular formula is C34H20N2O8. The van der Waals surface area contributed by atoms with Crippen LogP contribution in [0.25, 0.3) is 32.7 Å². The van der Waals surface area contributed by atoms with Gasteiger partial charge in [0.2, 0.25) is 0 Å². The van der Waals surface area contributed by atoms with E-state index >= 15 is 0 Å². The molecule has 44 heavy (non-hydrogen) atoms. The van der Waals surface area contributed by atoms with Gasteiger partial charge >= 0.3 is 0 Å².